The van der Waals surface area contributed by atoms with Crippen LogP contribution in [0.25, 0.3) is 11.0 Å². The van der Waals surface area contributed by atoms with E-state index >= 15 is 0 Å². The fourth-order valence-electron chi connectivity index (χ4n) is 3.55. The number of pyridine rings is 3. The van der Waals surface area contributed by atoms with Gasteiger partial charge in [-0.1, -0.05) is 12.1 Å². The van der Waals surface area contributed by atoms with Gasteiger partial charge in [-0.3, -0.25) is 9.97 Å². The van der Waals surface area contributed by atoms with Crippen molar-refractivity contribution in [1.82, 2.24) is 19.9 Å². The maximum atomic E-state index is 12.6. The fourth-order valence-corrected chi connectivity index (χ4v) is 3.55. The molecular weight excluding hydrogens is 389 g/mol. The smallest absolute Gasteiger partial charge is 0.346 e. The zero-order valence-corrected chi connectivity index (χ0v) is 16.7. The quantitative estimate of drug-likeness (QED) is 0.482. The van der Waals surface area contributed by atoms with Crippen molar-refractivity contribution in [3.63, 3.8) is 0 Å². The molecule has 0 unspecified atom stereocenters. The van der Waals surface area contributed by atoms with Gasteiger partial charge in [-0.15, -0.1) is 0 Å². The molecule has 0 aliphatic rings. The van der Waals surface area contributed by atoms with Crippen LogP contribution in [0.5, 0.6) is 0 Å². The van der Waals surface area contributed by atoms with Gasteiger partial charge in [0, 0.05) is 42.3 Å². The average molecular weight is 410 g/mol. The summed E-state index contributed by atoms with van der Waals surface area (Å²) in [4.78, 5) is 15.7. The topological polar surface area (TPSA) is 54.5 Å². The minimum atomic E-state index is -4.41. The van der Waals surface area contributed by atoms with Crippen LogP contribution in [-0.2, 0) is 25.4 Å². The number of rotatable bonds is 5. The lowest BCUT2D eigenvalue weighted by Gasteiger charge is -2.09. The van der Waals surface area contributed by atoms with E-state index in [4.69, 9.17) is 0 Å². The molecule has 0 bridgehead atoms. The summed E-state index contributed by atoms with van der Waals surface area (Å²) in [6.07, 6.45) is 4.57. The normalized spacial score (nSPS) is 11.9. The van der Waals surface area contributed by atoms with Crippen molar-refractivity contribution >= 4 is 11.0 Å². The molecule has 4 aromatic rings. The number of fused-ring (bicyclic) bond motifs is 1. The Morgan fingerprint density at radius 3 is 2.40 bits per heavy atom. The molecule has 4 rings (SSSR count). The zero-order valence-electron chi connectivity index (χ0n) is 16.7. The minimum absolute atomic E-state index is 0.589. The molecule has 0 aliphatic heterocycles. The Morgan fingerprint density at radius 1 is 0.900 bits per heavy atom. The van der Waals surface area contributed by atoms with Crippen LogP contribution < -0.4 is 0 Å². The molecule has 30 heavy (non-hydrogen) atoms. The number of aromatic nitrogens is 4. The summed E-state index contributed by atoms with van der Waals surface area (Å²) in [7, 11) is 0. The number of alkyl halides is 3. The highest BCUT2D eigenvalue weighted by atomic mass is 19.4. The third-order valence-electron chi connectivity index (χ3n) is 5.16. The second-order valence-corrected chi connectivity index (χ2v) is 7.56. The number of nitrogens with zero attached hydrogens (tertiary/aromatic N) is 3. The standard InChI is InChI=1S/C23H21F3N4/c1-14-7-19-18(13-30-22(19)29-10-14)9-17-8-15(2)20(27-12-17)5-3-16-4-6-21(28-11-16)23(24,25)26/h4,6-8,10-13H,3,5,9H2,1-2H3,(H,29,30). The molecule has 7 heteroatoms. The van der Waals surface area contributed by atoms with Crippen molar-refractivity contribution in [1.29, 1.82) is 0 Å². The molecule has 0 fully saturated rings. The lowest BCUT2D eigenvalue weighted by atomic mass is 10.0. The van der Waals surface area contributed by atoms with E-state index in [1.165, 1.54) is 17.8 Å². The fraction of sp³-hybridized carbons (Fsp3) is 0.261. The summed E-state index contributed by atoms with van der Waals surface area (Å²) in [5.74, 6) is 0. The predicted molar refractivity (Wildman–Crippen MR) is 109 cm³/mol. The molecule has 4 aromatic heterocycles. The van der Waals surface area contributed by atoms with Crippen LogP contribution in [0.1, 0.15) is 39.2 Å². The Kier molecular flexibility index (Phi) is 5.28. The number of hydrogen-bond acceptors (Lipinski definition) is 3. The third kappa shape index (κ3) is 4.35. The second-order valence-electron chi connectivity index (χ2n) is 7.56. The largest absolute Gasteiger partial charge is 0.433 e. The molecule has 4 heterocycles. The van der Waals surface area contributed by atoms with E-state index in [1.807, 2.05) is 32.4 Å². The SMILES string of the molecule is Cc1cnc2[nH]cc(Cc3cnc(CCc4ccc(C(F)(F)F)nc4)c(C)c3)c2c1. The van der Waals surface area contributed by atoms with Crippen molar-refractivity contribution in [3.05, 3.63) is 88.3 Å². The maximum absolute atomic E-state index is 12.6. The van der Waals surface area contributed by atoms with Crippen molar-refractivity contribution in [2.45, 2.75) is 39.3 Å². The van der Waals surface area contributed by atoms with Gasteiger partial charge in [0.15, 0.2) is 0 Å². The van der Waals surface area contributed by atoms with Crippen LogP contribution in [-0.4, -0.2) is 19.9 Å². The lowest BCUT2D eigenvalue weighted by molar-refractivity contribution is -0.141. The van der Waals surface area contributed by atoms with Gasteiger partial charge >= 0.3 is 6.18 Å². The first-order valence-corrected chi connectivity index (χ1v) is 9.69. The average Bonchev–Trinajstić information content (AvgIpc) is 3.09. The summed E-state index contributed by atoms with van der Waals surface area (Å²) in [6.45, 7) is 4.04. The first-order chi connectivity index (χ1) is 14.3. The number of halogens is 3. The van der Waals surface area contributed by atoms with Gasteiger partial charge in [0.2, 0.25) is 0 Å². The van der Waals surface area contributed by atoms with E-state index in [9.17, 15) is 13.2 Å². The van der Waals surface area contributed by atoms with Crippen LogP contribution >= 0.6 is 0 Å². The zero-order chi connectivity index (χ0) is 21.3. The van der Waals surface area contributed by atoms with Gasteiger partial charge in [0.25, 0.3) is 0 Å². The van der Waals surface area contributed by atoms with Crippen molar-refractivity contribution in [2.75, 3.05) is 0 Å². The molecule has 0 saturated heterocycles. The molecule has 0 radical (unpaired) electrons. The monoisotopic (exact) mass is 410 g/mol. The summed E-state index contributed by atoms with van der Waals surface area (Å²) in [5.41, 5.74) is 6.17. The van der Waals surface area contributed by atoms with E-state index in [0.717, 1.165) is 51.5 Å². The maximum Gasteiger partial charge on any atom is 0.433 e. The summed E-state index contributed by atoms with van der Waals surface area (Å²) >= 11 is 0. The van der Waals surface area contributed by atoms with E-state index in [1.54, 1.807) is 0 Å². The van der Waals surface area contributed by atoms with Gasteiger partial charge in [-0.25, -0.2) is 4.98 Å². The second kappa shape index (κ2) is 7.89. The molecule has 1 N–H and O–H groups in total. The molecule has 0 saturated carbocycles. The molecule has 0 atom stereocenters. The molecule has 4 nitrogen and oxygen atoms in total. The van der Waals surface area contributed by atoms with Gasteiger partial charge < -0.3 is 4.98 Å². The van der Waals surface area contributed by atoms with E-state index in [0.29, 0.717) is 12.8 Å². The number of nitrogens with one attached hydrogen (secondary N) is 1. The Bertz CT molecular complexity index is 1180. The van der Waals surface area contributed by atoms with Gasteiger partial charge in [-0.2, -0.15) is 13.2 Å². The molecule has 154 valence electrons. The van der Waals surface area contributed by atoms with Gasteiger partial charge in [-0.05, 0) is 66.6 Å². The van der Waals surface area contributed by atoms with Crippen LogP contribution in [0.2, 0.25) is 0 Å². The summed E-state index contributed by atoms with van der Waals surface area (Å²) < 4.78 is 37.9. The Balaban J connectivity index is 1.44. The van der Waals surface area contributed by atoms with Crippen LogP contribution in [0.15, 0.2) is 49.1 Å². The Hall–Kier alpha value is -3.22. The molecule has 0 aliphatic carbocycles. The van der Waals surface area contributed by atoms with E-state index in [2.05, 4.69) is 32.1 Å². The van der Waals surface area contributed by atoms with Crippen molar-refractivity contribution < 1.29 is 13.2 Å². The first kappa shape index (κ1) is 20.1. The number of hydrogen-bond donors (Lipinski definition) is 1. The number of aromatic amines is 1. The van der Waals surface area contributed by atoms with Crippen molar-refractivity contribution in [2.24, 2.45) is 0 Å². The molecule has 0 spiro atoms. The minimum Gasteiger partial charge on any atom is -0.346 e. The molecular formula is C23H21F3N4. The van der Waals surface area contributed by atoms with Crippen molar-refractivity contribution in [3.8, 4) is 0 Å². The molecule has 0 amide bonds. The van der Waals surface area contributed by atoms with Gasteiger partial charge in [0.1, 0.15) is 11.3 Å². The Morgan fingerprint density at radius 2 is 1.70 bits per heavy atom. The third-order valence-corrected chi connectivity index (χ3v) is 5.16. The van der Waals surface area contributed by atoms with Crippen LogP contribution in [0.3, 0.4) is 0 Å². The highest BCUT2D eigenvalue weighted by molar-refractivity contribution is 5.80. The summed E-state index contributed by atoms with van der Waals surface area (Å²) in [5, 5.41) is 1.12. The molecule has 0 aromatic carbocycles. The number of H-pyrrole nitrogens is 1. The number of aryl methyl sites for hydroxylation is 4. The van der Waals surface area contributed by atoms with Gasteiger partial charge in [0.05, 0.1) is 0 Å². The van der Waals surface area contributed by atoms with Crippen LogP contribution in [0, 0.1) is 13.8 Å². The first-order valence-electron chi connectivity index (χ1n) is 9.69. The lowest BCUT2D eigenvalue weighted by Crippen LogP contribution is -2.08. The summed E-state index contributed by atoms with van der Waals surface area (Å²) in [6, 6.07) is 6.75. The van der Waals surface area contributed by atoms with Crippen LogP contribution in [0.4, 0.5) is 13.2 Å². The highest BCUT2D eigenvalue weighted by Crippen LogP contribution is 2.27. The van der Waals surface area contributed by atoms with E-state index < -0.39 is 11.9 Å². The predicted octanol–water partition coefficient (Wildman–Crippen LogP) is 5.36. The Labute approximate surface area is 172 Å². The highest BCUT2D eigenvalue weighted by Gasteiger charge is 2.31. The van der Waals surface area contributed by atoms with E-state index in [-0.39, 0.29) is 0 Å².